The highest BCUT2D eigenvalue weighted by molar-refractivity contribution is 7.07. The van der Waals surface area contributed by atoms with Crippen molar-refractivity contribution in [2.24, 2.45) is 0 Å². The minimum Gasteiger partial charge on any atom is -0.458 e. The second kappa shape index (κ2) is 13.0. The van der Waals surface area contributed by atoms with Crippen LogP contribution in [0.3, 0.4) is 0 Å². The van der Waals surface area contributed by atoms with Crippen LogP contribution >= 0.6 is 0 Å². The van der Waals surface area contributed by atoms with Crippen LogP contribution in [-0.4, -0.2) is 20.1 Å². The summed E-state index contributed by atoms with van der Waals surface area (Å²) in [6.07, 6.45) is 0. The standard InChI is InChI=1S/C70H35B3N2O2/c1-5-19-40-36(15-1)37-16-2-6-20-41(37)58(40)60-44-23-13-27-50-65(44)74-67-46(60)31-33-56-62(67)71(48-25-9-11-29-54(48)76-56)52-35-53-70-64(69(52)74)73(50)51-28-14-24-45-61(59-42-21-7-3-17-38(42)39-18-4-8-22-43(39)59)47-32-34-57-63(68(47)75(70)66(45)51)72(53)49-26-10-12-30-55(49)77-57/h1-35H. The smallest absolute Gasteiger partial charge is 0.256 e. The average molecular weight is 968 g/mol. The molecule has 0 saturated carbocycles. The summed E-state index contributed by atoms with van der Waals surface area (Å²) in [4.78, 5) is 5.46. The van der Waals surface area contributed by atoms with Crippen molar-refractivity contribution in [3.63, 3.8) is 0 Å². The first kappa shape index (κ1) is 38.8. The Morgan fingerprint density at radius 1 is 0.221 bits per heavy atom. The third-order valence-corrected chi connectivity index (χ3v) is 19.2. The van der Waals surface area contributed by atoms with Gasteiger partial charge in [0.15, 0.2) is 0 Å². The molecule has 0 aromatic heterocycles. The van der Waals surface area contributed by atoms with E-state index in [4.69, 9.17) is 9.47 Å². The molecule has 0 N–H and O–H groups in total. The van der Waals surface area contributed by atoms with E-state index in [1.165, 1.54) is 172 Å². The zero-order chi connectivity index (χ0) is 49.3. The Bertz CT molecular complexity index is 4480. The van der Waals surface area contributed by atoms with Crippen LogP contribution in [0.5, 0.6) is 23.0 Å². The summed E-state index contributed by atoms with van der Waals surface area (Å²) in [5, 5.41) is 0. The van der Waals surface area contributed by atoms with Crippen molar-refractivity contribution >= 4 is 126 Å². The van der Waals surface area contributed by atoms with E-state index in [9.17, 15) is 0 Å². The lowest BCUT2D eigenvalue weighted by atomic mass is 9.25. The highest BCUT2D eigenvalue weighted by atomic mass is 16.5. The Labute approximate surface area is 444 Å². The van der Waals surface area contributed by atoms with Crippen molar-refractivity contribution in [2.45, 2.75) is 0 Å². The summed E-state index contributed by atoms with van der Waals surface area (Å²) < 4.78 is 14.3. The topological polar surface area (TPSA) is 24.9 Å². The van der Waals surface area contributed by atoms with Crippen molar-refractivity contribution in [1.29, 1.82) is 0 Å². The van der Waals surface area contributed by atoms with Gasteiger partial charge in [-0.1, -0.05) is 176 Å². The van der Waals surface area contributed by atoms with Gasteiger partial charge in [0.05, 0.1) is 11.4 Å². The Kier molecular flexibility index (Phi) is 6.57. The number of para-hydroxylation sites is 4. The molecule has 21 rings (SSSR count). The van der Waals surface area contributed by atoms with Crippen LogP contribution < -0.4 is 68.4 Å². The molecular weight excluding hydrogens is 933 g/mol. The zero-order valence-corrected chi connectivity index (χ0v) is 41.2. The minimum absolute atomic E-state index is 0.0809. The van der Waals surface area contributed by atoms with Crippen molar-refractivity contribution in [3.05, 3.63) is 257 Å². The van der Waals surface area contributed by atoms with Gasteiger partial charge in [0, 0.05) is 56.1 Å². The van der Waals surface area contributed by atoms with Gasteiger partial charge in [0.1, 0.15) is 23.0 Å². The summed E-state index contributed by atoms with van der Waals surface area (Å²) in [5.41, 5.74) is 39.8. The van der Waals surface area contributed by atoms with Crippen molar-refractivity contribution in [1.82, 2.24) is 0 Å². The number of hydrogen-bond acceptors (Lipinski definition) is 4. The lowest BCUT2D eigenvalue weighted by Crippen LogP contribution is -2.72. The van der Waals surface area contributed by atoms with Crippen LogP contribution in [0.1, 0.15) is 44.5 Å². The third-order valence-electron chi connectivity index (χ3n) is 19.2. The normalized spacial score (nSPS) is 15.5. The Morgan fingerprint density at radius 2 is 0.545 bits per heavy atom. The van der Waals surface area contributed by atoms with Gasteiger partial charge in [0.25, 0.3) is 20.1 Å². The molecule has 0 bridgehead atoms. The molecule has 0 saturated heterocycles. The number of fused-ring (bicyclic) bond motifs is 14. The van der Waals surface area contributed by atoms with Crippen molar-refractivity contribution < 1.29 is 9.47 Å². The maximum absolute atomic E-state index is 7.13. The van der Waals surface area contributed by atoms with Crippen LogP contribution in [0.2, 0.25) is 0 Å². The number of anilines is 6. The lowest BCUT2D eigenvalue weighted by Gasteiger charge is -2.55. The molecule has 0 radical (unpaired) electrons. The average Bonchev–Trinajstić information content (AvgIpc) is 4.14. The van der Waals surface area contributed by atoms with E-state index in [0.717, 1.165) is 23.0 Å². The number of ether oxygens (including phenoxy) is 2. The van der Waals surface area contributed by atoms with E-state index in [-0.39, 0.29) is 20.1 Å². The van der Waals surface area contributed by atoms with Crippen LogP contribution in [0.15, 0.2) is 212 Å². The molecule has 346 valence electrons. The van der Waals surface area contributed by atoms with E-state index in [0.29, 0.717) is 0 Å². The highest BCUT2D eigenvalue weighted by Gasteiger charge is 2.58. The second-order valence-corrected chi connectivity index (χ2v) is 22.3. The summed E-state index contributed by atoms with van der Waals surface area (Å²) >= 11 is 0. The molecule has 8 aliphatic heterocycles. The molecule has 2 aliphatic carbocycles. The maximum atomic E-state index is 7.13. The fourth-order valence-corrected chi connectivity index (χ4v) is 16.6. The van der Waals surface area contributed by atoms with Crippen LogP contribution in [0.25, 0.3) is 44.5 Å². The van der Waals surface area contributed by atoms with Crippen LogP contribution in [-0.2, 0) is 0 Å². The van der Waals surface area contributed by atoms with Gasteiger partial charge in [-0.2, -0.15) is 0 Å². The summed E-state index contributed by atoms with van der Waals surface area (Å²) in [7, 11) is 0. The highest BCUT2D eigenvalue weighted by Crippen LogP contribution is 2.61. The van der Waals surface area contributed by atoms with Crippen LogP contribution in [0, 0.1) is 0 Å². The van der Waals surface area contributed by atoms with Crippen LogP contribution in [0.4, 0.5) is 34.1 Å². The monoisotopic (exact) mass is 968 g/mol. The molecular formula is C70H35B3N2O2. The van der Waals surface area contributed by atoms with Gasteiger partial charge in [-0.05, 0) is 141 Å². The van der Waals surface area contributed by atoms with Gasteiger partial charge < -0.3 is 19.3 Å². The van der Waals surface area contributed by atoms with E-state index < -0.39 is 0 Å². The molecule has 0 atom stereocenters. The Morgan fingerprint density at radius 3 is 0.974 bits per heavy atom. The van der Waals surface area contributed by atoms with E-state index in [1.807, 2.05) is 0 Å². The Hall–Kier alpha value is -9.71. The summed E-state index contributed by atoms with van der Waals surface area (Å²) in [6.45, 7) is -0.257. The number of benzene rings is 11. The van der Waals surface area contributed by atoms with Gasteiger partial charge in [0.2, 0.25) is 0 Å². The van der Waals surface area contributed by atoms with E-state index in [1.54, 1.807) is 0 Å². The quantitative estimate of drug-likeness (QED) is 0.141. The second-order valence-electron chi connectivity index (χ2n) is 22.3. The first-order valence-electron chi connectivity index (χ1n) is 27.1. The molecule has 0 spiro atoms. The fourth-order valence-electron chi connectivity index (χ4n) is 16.6. The van der Waals surface area contributed by atoms with E-state index >= 15 is 0 Å². The maximum Gasteiger partial charge on any atom is 0.256 e. The van der Waals surface area contributed by atoms with Gasteiger partial charge >= 0.3 is 0 Å². The molecule has 4 nitrogen and oxygen atoms in total. The molecule has 7 heteroatoms. The molecule has 0 fully saturated rings. The SMILES string of the molecule is c1ccc2c(c1)Oc1ccc3c4c1B2c1cc2c5c6c1N4c1c(cccc1C3=C1c3ccccc3-c3ccccc31)B6c1cccc3c1N5c1c(ccc4c1B2c1ccccc1O4)C3=C1c2ccccc2-c2ccccc21. The first-order chi connectivity index (χ1) is 38.3. The molecule has 11 aromatic rings. The number of nitrogens with zero attached hydrogens (tertiary/aromatic N) is 2. The van der Waals surface area contributed by atoms with Gasteiger partial charge in [-0.15, -0.1) is 0 Å². The summed E-state index contributed by atoms with van der Waals surface area (Å²) in [6, 6.07) is 80.3. The largest absolute Gasteiger partial charge is 0.458 e. The lowest BCUT2D eigenvalue weighted by molar-refractivity contribution is 0.487. The third kappa shape index (κ3) is 4.24. The van der Waals surface area contributed by atoms with Gasteiger partial charge in [-0.25, -0.2) is 0 Å². The Balaban J connectivity index is 0.962. The molecule has 77 heavy (non-hydrogen) atoms. The van der Waals surface area contributed by atoms with E-state index in [2.05, 4.69) is 222 Å². The molecule has 0 amide bonds. The zero-order valence-electron chi connectivity index (χ0n) is 41.2. The minimum atomic E-state index is -0.0882. The summed E-state index contributed by atoms with van der Waals surface area (Å²) in [5.74, 6) is 3.71. The number of rotatable bonds is 0. The molecule has 11 aromatic carbocycles. The molecule has 0 unspecified atom stereocenters. The van der Waals surface area contributed by atoms with Crippen molar-refractivity contribution in [3.8, 4) is 45.3 Å². The molecule has 10 aliphatic rings. The molecule has 8 heterocycles. The van der Waals surface area contributed by atoms with Gasteiger partial charge in [-0.3, -0.25) is 0 Å². The fraction of sp³-hybridized carbons (Fsp3) is 0. The first-order valence-corrected chi connectivity index (χ1v) is 27.1. The number of hydrogen-bond donors (Lipinski definition) is 0. The predicted molar refractivity (Wildman–Crippen MR) is 317 cm³/mol. The predicted octanol–water partition coefficient (Wildman–Crippen LogP) is 10.2. The van der Waals surface area contributed by atoms with Crippen molar-refractivity contribution in [2.75, 3.05) is 9.80 Å².